The summed E-state index contributed by atoms with van der Waals surface area (Å²) in [4.78, 5) is 0. The number of ether oxygens (including phenoxy) is 4. The molecular formula is C18H30O5. The SMILES string of the molecule is CCc1cc(O)cc(C)c1OCCCCCOCC(OC)OC. The summed E-state index contributed by atoms with van der Waals surface area (Å²) < 4.78 is 21.5. The van der Waals surface area contributed by atoms with E-state index in [4.69, 9.17) is 18.9 Å². The Morgan fingerprint density at radius 2 is 1.74 bits per heavy atom. The second-order valence-electron chi connectivity index (χ2n) is 5.49. The number of phenolic OH excluding ortho intramolecular Hbond substituents is 1. The normalized spacial score (nSPS) is 11.2. The van der Waals surface area contributed by atoms with Crippen LogP contribution in [-0.2, 0) is 20.6 Å². The van der Waals surface area contributed by atoms with E-state index >= 15 is 0 Å². The minimum Gasteiger partial charge on any atom is -0.508 e. The minimum atomic E-state index is -0.289. The van der Waals surface area contributed by atoms with Gasteiger partial charge < -0.3 is 24.1 Å². The molecule has 0 fully saturated rings. The molecule has 5 nitrogen and oxygen atoms in total. The Kier molecular flexibility index (Phi) is 9.67. The molecule has 0 aromatic heterocycles. The number of aryl methyl sites for hydroxylation is 2. The van der Waals surface area contributed by atoms with Gasteiger partial charge in [-0.05, 0) is 55.9 Å². The fourth-order valence-electron chi connectivity index (χ4n) is 2.36. The van der Waals surface area contributed by atoms with Crippen LogP contribution < -0.4 is 4.74 Å². The maximum Gasteiger partial charge on any atom is 0.180 e. The van der Waals surface area contributed by atoms with Crippen LogP contribution >= 0.6 is 0 Å². The molecule has 1 N–H and O–H groups in total. The van der Waals surface area contributed by atoms with Crippen LogP contribution in [0.25, 0.3) is 0 Å². The number of unbranched alkanes of at least 4 members (excludes halogenated alkanes) is 2. The van der Waals surface area contributed by atoms with Crippen LogP contribution in [0, 0.1) is 6.92 Å². The smallest absolute Gasteiger partial charge is 0.180 e. The number of methoxy groups -OCH3 is 2. The maximum atomic E-state index is 9.63. The van der Waals surface area contributed by atoms with E-state index in [1.165, 1.54) is 0 Å². The molecule has 132 valence electrons. The molecule has 0 atom stereocenters. The lowest BCUT2D eigenvalue weighted by molar-refractivity contribution is -0.140. The highest BCUT2D eigenvalue weighted by molar-refractivity contribution is 5.46. The molecule has 0 aliphatic rings. The van der Waals surface area contributed by atoms with Gasteiger partial charge in [0.15, 0.2) is 6.29 Å². The lowest BCUT2D eigenvalue weighted by Crippen LogP contribution is -2.20. The molecule has 0 radical (unpaired) electrons. The van der Waals surface area contributed by atoms with Gasteiger partial charge in [-0.1, -0.05) is 6.92 Å². The van der Waals surface area contributed by atoms with Gasteiger partial charge >= 0.3 is 0 Å². The van der Waals surface area contributed by atoms with E-state index in [9.17, 15) is 5.11 Å². The van der Waals surface area contributed by atoms with E-state index in [1.54, 1.807) is 26.4 Å². The van der Waals surface area contributed by atoms with Gasteiger partial charge in [0.1, 0.15) is 11.5 Å². The molecule has 0 heterocycles. The third-order valence-electron chi connectivity index (χ3n) is 3.68. The summed E-state index contributed by atoms with van der Waals surface area (Å²) >= 11 is 0. The summed E-state index contributed by atoms with van der Waals surface area (Å²) in [5, 5.41) is 9.63. The lowest BCUT2D eigenvalue weighted by Gasteiger charge is -2.14. The average molecular weight is 326 g/mol. The van der Waals surface area contributed by atoms with Gasteiger partial charge in [-0.25, -0.2) is 0 Å². The Balaban J connectivity index is 2.18. The van der Waals surface area contributed by atoms with Crippen molar-refractivity contribution >= 4 is 0 Å². The molecule has 1 aromatic rings. The first kappa shape index (κ1) is 19.7. The molecule has 23 heavy (non-hydrogen) atoms. The standard InChI is InChI=1S/C18H30O5/c1-5-15-12-16(19)11-14(2)18(15)23-10-8-6-7-9-22-13-17(20-3)21-4/h11-12,17,19H,5-10,13H2,1-4H3. The third-order valence-corrected chi connectivity index (χ3v) is 3.68. The van der Waals surface area contributed by atoms with E-state index in [2.05, 4.69) is 6.92 Å². The molecule has 0 unspecified atom stereocenters. The Morgan fingerprint density at radius 3 is 2.39 bits per heavy atom. The van der Waals surface area contributed by atoms with Gasteiger partial charge in [0, 0.05) is 20.8 Å². The summed E-state index contributed by atoms with van der Waals surface area (Å²) in [7, 11) is 3.20. The van der Waals surface area contributed by atoms with Crippen molar-refractivity contribution in [2.24, 2.45) is 0 Å². The summed E-state index contributed by atoms with van der Waals surface area (Å²) in [5.41, 5.74) is 2.03. The average Bonchev–Trinajstić information content (AvgIpc) is 2.54. The summed E-state index contributed by atoms with van der Waals surface area (Å²) in [6.07, 6.45) is 3.56. The third kappa shape index (κ3) is 7.20. The molecule has 0 bridgehead atoms. The summed E-state index contributed by atoms with van der Waals surface area (Å²) in [6, 6.07) is 3.52. The van der Waals surface area contributed by atoms with E-state index in [-0.39, 0.29) is 6.29 Å². The number of hydrogen-bond acceptors (Lipinski definition) is 5. The predicted molar refractivity (Wildman–Crippen MR) is 90.2 cm³/mol. The van der Waals surface area contributed by atoms with E-state index < -0.39 is 0 Å². The largest absolute Gasteiger partial charge is 0.508 e. The minimum absolute atomic E-state index is 0.289. The summed E-state index contributed by atoms with van der Waals surface area (Å²) in [6.45, 7) is 5.85. The van der Waals surface area contributed by atoms with Crippen molar-refractivity contribution in [3.8, 4) is 11.5 Å². The first-order valence-electron chi connectivity index (χ1n) is 8.21. The second-order valence-corrected chi connectivity index (χ2v) is 5.49. The molecule has 0 aliphatic heterocycles. The highest BCUT2D eigenvalue weighted by Gasteiger charge is 2.08. The van der Waals surface area contributed by atoms with Crippen LogP contribution in [0.5, 0.6) is 11.5 Å². The highest BCUT2D eigenvalue weighted by atomic mass is 16.7. The van der Waals surface area contributed by atoms with E-state index in [0.29, 0.717) is 25.6 Å². The molecule has 1 rings (SSSR count). The molecule has 5 heteroatoms. The van der Waals surface area contributed by atoms with Crippen LogP contribution in [0.3, 0.4) is 0 Å². The number of phenols is 1. The molecule has 0 spiro atoms. The van der Waals surface area contributed by atoms with Gasteiger partial charge in [-0.3, -0.25) is 0 Å². The fourth-order valence-corrected chi connectivity index (χ4v) is 2.36. The number of aromatic hydroxyl groups is 1. The Morgan fingerprint density at radius 1 is 1.04 bits per heavy atom. The Hall–Kier alpha value is -1.30. The number of benzene rings is 1. The van der Waals surface area contributed by atoms with Crippen LogP contribution in [0.2, 0.25) is 0 Å². The molecular weight excluding hydrogens is 296 g/mol. The van der Waals surface area contributed by atoms with Crippen molar-refractivity contribution < 1.29 is 24.1 Å². The van der Waals surface area contributed by atoms with Crippen molar-refractivity contribution in [2.75, 3.05) is 34.0 Å². The first-order chi connectivity index (χ1) is 11.1. The van der Waals surface area contributed by atoms with Crippen molar-refractivity contribution in [1.82, 2.24) is 0 Å². The molecule has 1 aromatic carbocycles. The monoisotopic (exact) mass is 326 g/mol. The van der Waals surface area contributed by atoms with Gasteiger partial charge in [0.2, 0.25) is 0 Å². The van der Waals surface area contributed by atoms with Crippen LogP contribution in [0.1, 0.15) is 37.3 Å². The Labute approximate surface area is 139 Å². The quantitative estimate of drug-likeness (QED) is 0.471. The summed E-state index contributed by atoms with van der Waals surface area (Å²) in [5.74, 6) is 1.21. The highest BCUT2D eigenvalue weighted by Crippen LogP contribution is 2.29. The van der Waals surface area contributed by atoms with Gasteiger partial charge in [-0.15, -0.1) is 0 Å². The fraction of sp³-hybridized carbons (Fsp3) is 0.667. The molecule has 0 saturated carbocycles. The van der Waals surface area contributed by atoms with Crippen molar-refractivity contribution in [3.05, 3.63) is 23.3 Å². The number of hydrogen-bond donors (Lipinski definition) is 1. The van der Waals surface area contributed by atoms with Gasteiger partial charge in [0.05, 0.1) is 13.2 Å². The van der Waals surface area contributed by atoms with E-state index in [1.807, 2.05) is 6.92 Å². The predicted octanol–water partition coefficient (Wildman–Crippen LogP) is 3.45. The van der Waals surface area contributed by atoms with Gasteiger partial charge in [-0.2, -0.15) is 0 Å². The van der Waals surface area contributed by atoms with Gasteiger partial charge in [0.25, 0.3) is 0 Å². The zero-order valence-corrected chi connectivity index (χ0v) is 14.8. The molecule has 0 amide bonds. The van der Waals surface area contributed by atoms with Crippen LogP contribution in [-0.4, -0.2) is 45.4 Å². The van der Waals surface area contributed by atoms with Crippen molar-refractivity contribution in [3.63, 3.8) is 0 Å². The van der Waals surface area contributed by atoms with Crippen LogP contribution in [0.4, 0.5) is 0 Å². The molecule has 0 aliphatic carbocycles. The zero-order valence-electron chi connectivity index (χ0n) is 14.8. The second kappa shape index (κ2) is 11.3. The van der Waals surface area contributed by atoms with Crippen LogP contribution in [0.15, 0.2) is 12.1 Å². The van der Waals surface area contributed by atoms with Crippen molar-refractivity contribution in [2.45, 2.75) is 45.8 Å². The molecule has 0 saturated heterocycles. The Bertz CT molecular complexity index is 443. The first-order valence-corrected chi connectivity index (χ1v) is 8.21. The topological polar surface area (TPSA) is 57.2 Å². The maximum absolute atomic E-state index is 9.63. The number of rotatable bonds is 12. The van der Waals surface area contributed by atoms with Crippen molar-refractivity contribution in [1.29, 1.82) is 0 Å². The van der Waals surface area contributed by atoms with E-state index in [0.717, 1.165) is 42.6 Å². The zero-order chi connectivity index (χ0) is 17.1. The lowest BCUT2D eigenvalue weighted by atomic mass is 10.1.